The van der Waals surface area contributed by atoms with Crippen molar-refractivity contribution in [2.45, 2.75) is 6.54 Å². The highest BCUT2D eigenvalue weighted by Crippen LogP contribution is 2.40. The summed E-state index contributed by atoms with van der Waals surface area (Å²) in [6.45, 7) is 0.352. The van der Waals surface area contributed by atoms with E-state index in [4.69, 9.17) is 4.74 Å². The lowest BCUT2D eigenvalue weighted by Gasteiger charge is -2.07. The number of para-hydroxylation sites is 2. The number of carbonyl (C=O) groups is 1. The smallest absolute Gasteiger partial charge is 0.258 e. The minimum atomic E-state index is -0.378. The zero-order chi connectivity index (χ0) is 22.3. The summed E-state index contributed by atoms with van der Waals surface area (Å²) in [5, 5.41) is 14.3. The van der Waals surface area contributed by atoms with Gasteiger partial charge in [-0.05, 0) is 29.8 Å². The number of aliphatic hydroxyl groups is 1. The van der Waals surface area contributed by atoms with E-state index < -0.39 is 0 Å². The number of methoxy groups -OCH3 is 1. The van der Waals surface area contributed by atoms with Gasteiger partial charge in [0.05, 0.1) is 17.7 Å². The summed E-state index contributed by atoms with van der Waals surface area (Å²) in [7, 11) is 1.60. The number of rotatable bonds is 6. The van der Waals surface area contributed by atoms with Gasteiger partial charge >= 0.3 is 0 Å². The lowest BCUT2D eigenvalue weighted by Crippen LogP contribution is -2.27. The molecule has 0 spiro atoms. The lowest BCUT2D eigenvalue weighted by atomic mass is 10.1. The molecule has 0 unspecified atom stereocenters. The standard InChI is InChI=1S/C26H22N2O3S/c1-31-21-15-9-8-12-19(21)16-22-24(29)23(25(30)27-17-18-10-4-2-5-11-18)26(32-22)28-20-13-6-3-7-14-20/h2-16,29H,17H2,1H3,(H,27,30)/b22-16-,28-26?. The van der Waals surface area contributed by atoms with Crippen molar-refractivity contribution in [1.82, 2.24) is 5.32 Å². The third kappa shape index (κ3) is 4.92. The number of ether oxygens (including phenoxy) is 1. The van der Waals surface area contributed by atoms with Crippen molar-refractivity contribution in [3.63, 3.8) is 0 Å². The predicted molar refractivity (Wildman–Crippen MR) is 130 cm³/mol. The van der Waals surface area contributed by atoms with Crippen LogP contribution in [0.5, 0.6) is 5.75 Å². The van der Waals surface area contributed by atoms with Crippen LogP contribution in [-0.2, 0) is 11.3 Å². The number of carbonyl (C=O) groups excluding carboxylic acids is 1. The topological polar surface area (TPSA) is 70.9 Å². The highest BCUT2D eigenvalue weighted by atomic mass is 32.2. The Bertz CT molecular complexity index is 1200. The van der Waals surface area contributed by atoms with Crippen LogP contribution >= 0.6 is 11.8 Å². The number of aliphatic hydroxyl groups excluding tert-OH is 1. The van der Waals surface area contributed by atoms with Gasteiger partial charge < -0.3 is 15.2 Å². The summed E-state index contributed by atoms with van der Waals surface area (Å²) in [5.41, 5.74) is 2.64. The van der Waals surface area contributed by atoms with Gasteiger partial charge in [0.15, 0.2) is 0 Å². The highest BCUT2D eigenvalue weighted by Gasteiger charge is 2.32. The molecule has 3 aromatic carbocycles. The van der Waals surface area contributed by atoms with Crippen molar-refractivity contribution >= 4 is 34.5 Å². The summed E-state index contributed by atoms with van der Waals surface area (Å²) in [4.78, 5) is 18.2. The monoisotopic (exact) mass is 442 g/mol. The van der Waals surface area contributed by atoms with Crippen LogP contribution in [0, 0.1) is 0 Å². The number of nitrogens with zero attached hydrogens (tertiary/aromatic N) is 1. The Morgan fingerprint density at radius 3 is 2.38 bits per heavy atom. The summed E-state index contributed by atoms with van der Waals surface area (Å²) in [5.74, 6) is 0.204. The first kappa shape index (κ1) is 21.5. The van der Waals surface area contributed by atoms with Gasteiger partial charge in [0.1, 0.15) is 22.1 Å². The van der Waals surface area contributed by atoms with Crippen molar-refractivity contribution in [2.24, 2.45) is 4.99 Å². The van der Waals surface area contributed by atoms with E-state index in [-0.39, 0.29) is 17.2 Å². The molecular formula is C26H22N2O3S. The molecule has 0 aromatic heterocycles. The molecule has 0 aliphatic carbocycles. The fourth-order valence-corrected chi connectivity index (χ4v) is 4.26. The van der Waals surface area contributed by atoms with Crippen LogP contribution in [0.4, 0.5) is 5.69 Å². The Morgan fingerprint density at radius 2 is 1.66 bits per heavy atom. The molecule has 0 saturated heterocycles. The van der Waals surface area contributed by atoms with E-state index in [2.05, 4.69) is 10.3 Å². The molecule has 2 N–H and O–H groups in total. The first-order chi connectivity index (χ1) is 15.7. The first-order valence-corrected chi connectivity index (χ1v) is 10.9. The number of nitrogens with one attached hydrogen (secondary N) is 1. The summed E-state index contributed by atoms with van der Waals surface area (Å²) in [6.07, 6.45) is 1.80. The van der Waals surface area contributed by atoms with Gasteiger partial charge in [-0.1, -0.05) is 78.5 Å². The molecule has 0 saturated carbocycles. The molecule has 3 aromatic rings. The van der Waals surface area contributed by atoms with E-state index in [1.807, 2.05) is 84.9 Å². The highest BCUT2D eigenvalue weighted by molar-refractivity contribution is 8.18. The maximum Gasteiger partial charge on any atom is 0.258 e. The number of thioether (sulfide) groups is 1. The lowest BCUT2D eigenvalue weighted by molar-refractivity contribution is -0.117. The SMILES string of the molecule is COc1ccccc1/C=C1\SC(=Nc2ccccc2)C(C(=O)NCc2ccccc2)=C1O. The minimum absolute atomic E-state index is 0.0962. The maximum absolute atomic E-state index is 13.1. The van der Waals surface area contributed by atoms with E-state index in [0.717, 1.165) is 11.1 Å². The Balaban J connectivity index is 1.69. The molecule has 0 radical (unpaired) electrons. The molecule has 160 valence electrons. The molecule has 0 atom stereocenters. The minimum Gasteiger partial charge on any atom is -0.506 e. The largest absolute Gasteiger partial charge is 0.506 e. The van der Waals surface area contributed by atoms with Crippen LogP contribution < -0.4 is 10.1 Å². The maximum atomic E-state index is 13.1. The Labute approximate surface area is 191 Å². The quantitative estimate of drug-likeness (QED) is 0.518. The van der Waals surface area contributed by atoms with Crippen LogP contribution in [0.2, 0.25) is 0 Å². The summed E-state index contributed by atoms with van der Waals surface area (Å²) in [6, 6.07) is 26.5. The molecular weight excluding hydrogens is 420 g/mol. The molecule has 4 rings (SSSR count). The van der Waals surface area contributed by atoms with Gasteiger partial charge in [0.25, 0.3) is 5.91 Å². The third-order valence-corrected chi connectivity index (χ3v) is 5.85. The second-order valence-corrected chi connectivity index (χ2v) is 8.03. The van der Waals surface area contributed by atoms with E-state index in [0.29, 0.717) is 27.9 Å². The van der Waals surface area contributed by atoms with Crippen molar-refractivity contribution < 1.29 is 14.6 Å². The zero-order valence-corrected chi connectivity index (χ0v) is 18.3. The van der Waals surface area contributed by atoms with Crippen LogP contribution in [0.15, 0.2) is 106 Å². The van der Waals surface area contributed by atoms with Crippen molar-refractivity contribution in [2.75, 3.05) is 7.11 Å². The van der Waals surface area contributed by atoms with Crippen LogP contribution in [0.1, 0.15) is 11.1 Å². The first-order valence-electron chi connectivity index (χ1n) is 10.1. The van der Waals surface area contributed by atoms with E-state index in [1.54, 1.807) is 13.2 Å². The van der Waals surface area contributed by atoms with Gasteiger partial charge in [-0.15, -0.1) is 0 Å². The second-order valence-electron chi connectivity index (χ2n) is 7.00. The second kappa shape index (κ2) is 10.0. The molecule has 0 fully saturated rings. The van der Waals surface area contributed by atoms with Crippen molar-refractivity contribution in [1.29, 1.82) is 0 Å². The predicted octanol–water partition coefficient (Wildman–Crippen LogP) is 5.64. The molecule has 5 nitrogen and oxygen atoms in total. The third-order valence-electron chi connectivity index (χ3n) is 4.83. The van der Waals surface area contributed by atoms with Gasteiger partial charge in [0.2, 0.25) is 0 Å². The normalized spacial score (nSPS) is 15.9. The average molecular weight is 443 g/mol. The molecule has 0 bridgehead atoms. The number of benzene rings is 3. The molecule has 1 aliphatic rings. The van der Waals surface area contributed by atoms with Crippen LogP contribution in [0.3, 0.4) is 0 Å². The molecule has 1 amide bonds. The van der Waals surface area contributed by atoms with Crippen molar-refractivity contribution in [3.8, 4) is 5.75 Å². The summed E-state index contributed by atoms with van der Waals surface area (Å²) < 4.78 is 5.41. The Kier molecular flexibility index (Phi) is 6.72. The molecule has 1 aliphatic heterocycles. The number of hydrogen-bond donors (Lipinski definition) is 2. The Morgan fingerprint density at radius 1 is 1.00 bits per heavy atom. The zero-order valence-electron chi connectivity index (χ0n) is 17.5. The van der Waals surface area contributed by atoms with E-state index in [9.17, 15) is 9.90 Å². The fourth-order valence-electron chi connectivity index (χ4n) is 3.22. The number of hydrogen-bond acceptors (Lipinski definition) is 5. The van der Waals surface area contributed by atoms with Gasteiger partial charge in [-0.2, -0.15) is 0 Å². The average Bonchev–Trinajstić information content (AvgIpc) is 3.13. The Hall–Kier alpha value is -3.77. The van der Waals surface area contributed by atoms with Gasteiger partial charge in [-0.25, -0.2) is 4.99 Å². The van der Waals surface area contributed by atoms with Gasteiger partial charge in [0, 0.05) is 12.1 Å². The number of amides is 1. The van der Waals surface area contributed by atoms with E-state index >= 15 is 0 Å². The van der Waals surface area contributed by atoms with E-state index in [1.165, 1.54) is 11.8 Å². The van der Waals surface area contributed by atoms with Crippen LogP contribution in [-0.4, -0.2) is 23.2 Å². The molecule has 6 heteroatoms. The van der Waals surface area contributed by atoms with Crippen molar-refractivity contribution in [3.05, 3.63) is 112 Å². The summed E-state index contributed by atoms with van der Waals surface area (Å²) >= 11 is 1.26. The van der Waals surface area contributed by atoms with Gasteiger partial charge in [-0.3, -0.25) is 4.79 Å². The van der Waals surface area contributed by atoms with Crippen LogP contribution in [0.25, 0.3) is 6.08 Å². The molecule has 1 heterocycles. The fraction of sp³-hybridized carbons (Fsp3) is 0.0769. The number of aliphatic imine (C=N–C) groups is 1. The molecule has 32 heavy (non-hydrogen) atoms.